The van der Waals surface area contributed by atoms with E-state index in [-0.39, 0.29) is 5.91 Å². The molecule has 1 heterocycles. The van der Waals surface area contributed by atoms with Gasteiger partial charge in [-0.1, -0.05) is 18.2 Å². The number of aryl methyl sites for hydroxylation is 1. The number of carbonyl (C=O) groups excluding carboxylic acids is 1. The van der Waals surface area contributed by atoms with Crippen LogP contribution in [0.3, 0.4) is 0 Å². The van der Waals surface area contributed by atoms with Crippen molar-refractivity contribution in [2.24, 2.45) is 0 Å². The first-order chi connectivity index (χ1) is 14.0. The molecule has 3 aromatic rings. The van der Waals surface area contributed by atoms with Gasteiger partial charge in [-0.15, -0.1) is 0 Å². The Kier molecular flexibility index (Phi) is 6.29. The van der Waals surface area contributed by atoms with Crippen LogP contribution < -0.4 is 19.7 Å². The summed E-state index contributed by atoms with van der Waals surface area (Å²) in [5, 5.41) is 3.21. The summed E-state index contributed by atoms with van der Waals surface area (Å²) in [6.45, 7) is 4.22. The third-order valence-electron chi connectivity index (χ3n) is 4.36. The molecule has 150 valence electrons. The van der Waals surface area contributed by atoms with Crippen molar-refractivity contribution in [2.45, 2.75) is 13.8 Å². The fourth-order valence-corrected chi connectivity index (χ4v) is 2.97. The maximum absolute atomic E-state index is 13.1. The van der Waals surface area contributed by atoms with E-state index in [1.54, 1.807) is 38.2 Å². The highest BCUT2D eigenvalue weighted by Crippen LogP contribution is 2.31. The number of hydrogen-bond donors (Lipinski definition) is 1. The number of ether oxygens (including phenoxy) is 2. The largest absolute Gasteiger partial charge is 0.497 e. The SMILES string of the molecule is CCN(C(=O)c1cc(Nc2ccc(OC)cc2OC)nc(C)n1)c1ccccc1. The van der Waals surface area contributed by atoms with E-state index in [2.05, 4.69) is 15.3 Å². The third-order valence-corrected chi connectivity index (χ3v) is 4.36. The van der Waals surface area contributed by atoms with Gasteiger partial charge in [-0.25, -0.2) is 9.97 Å². The zero-order valence-electron chi connectivity index (χ0n) is 17.0. The number of anilines is 3. The lowest BCUT2D eigenvalue weighted by Gasteiger charge is -2.21. The number of benzene rings is 2. The molecule has 7 heteroatoms. The van der Waals surface area contributed by atoms with E-state index in [1.807, 2.05) is 49.4 Å². The Morgan fingerprint density at radius 3 is 2.45 bits per heavy atom. The molecule has 0 radical (unpaired) electrons. The van der Waals surface area contributed by atoms with Crippen LogP contribution >= 0.6 is 0 Å². The molecule has 1 amide bonds. The molecule has 7 nitrogen and oxygen atoms in total. The van der Waals surface area contributed by atoms with Gasteiger partial charge < -0.3 is 19.7 Å². The van der Waals surface area contributed by atoms with E-state index in [0.29, 0.717) is 41.1 Å². The highest BCUT2D eigenvalue weighted by molar-refractivity contribution is 6.05. The van der Waals surface area contributed by atoms with Crippen molar-refractivity contribution >= 4 is 23.1 Å². The van der Waals surface area contributed by atoms with Gasteiger partial charge in [-0.3, -0.25) is 4.79 Å². The fourth-order valence-electron chi connectivity index (χ4n) is 2.97. The summed E-state index contributed by atoms with van der Waals surface area (Å²) in [5.41, 5.74) is 1.85. The van der Waals surface area contributed by atoms with Crippen LogP contribution in [0.5, 0.6) is 11.5 Å². The van der Waals surface area contributed by atoms with Crippen molar-refractivity contribution in [2.75, 3.05) is 31.0 Å². The number of rotatable bonds is 7. The number of carbonyl (C=O) groups is 1. The quantitative estimate of drug-likeness (QED) is 0.649. The lowest BCUT2D eigenvalue weighted by molar-refractivity contribution is 0.0983. The van der Waals surface area contributed by atoms with Crippen molar-refractivity contribution in [3.8, 4) is 11.5 Å². The summed E-state index contributed by atoms with van der Waals surface area (Å²) in [4.78, 5) is 23.5. The Bertz CT molecular complexity index is 993. The summed E-state index contributed by atoms with van der Waals surface area (Å²) in [6, 6.07) is 16.6. The Morgan fingerprint density at radius 2 is 1.79 bits per heavy atom. The first-order valence-electron chi connectivity index (χ1n) is 9.27. The van der Waals surface area contributed by atoms with Gasteiger partial charge in [0, 0.05) is 24.4 Å². The molecule has 29 heavy (non-hydrogen) atoms. The van der Waals surface area contributed by atoms with Crippen molar-refractivity contribution in [3.63, 3.8) is 0 Å². The maximum Gasteiger partial charge on any atom is 0.277 e. The van der Waals surface area contributed by atoms with E-state index in [1.165, 1.54) is 0 Å². The first kappa shape index (κ1) is 20.1. The fraction of sp³-hybridized carbons (Fsp3) is 0.227. The monoisotopic (exact) mass is 392 g/mol. The molecule has 0 aliphatic rings. The van der Waals surface area contributed by atoms with Crippen LogP contribution in [0.25, 0.3) is 0 Å². The predicted molar refractivity (Wildman–Crippen MR) is 113 cm³/mol. The van der Waals surface area contributed by atoms with Gasteiger partial charge in [0.1, 0.15) is 28.8 Å². The predicted octanol–water partition coefficient (Wildman–Crippen LogP) is 4.21. The Labute approximate surface area is 170 Å². The summed E-state index contributed by atoms with van der Waals surface area (Å²) in [5.74, 6) is 2.11. The zero-order chi connectivity index (χ0) is 20.8. The molecular weight excluding hydrogens is 368 g/mol. The van der Waals surface area contributed by atoms with Crippen molar-refractivity contribution < 1.29 is 14.3 Å². The van der Waals surface area contributed by atoms with E-state index < -0.39 is 0 Å². The molecule has 0 spiro atoms. The molecule has 0 atom stereocenters. The number of aromatic nitrogens is 2. The highest BCUT2D eigenvalue weighted by atomic mass is 16.5. The van der Waals surface area contributed by atoms with Gasteiger partial charge in [0.25, 0.3) is 5.91 Å². The summed E-state index contributed by atoms with van der Waals surface area (Å²) < 4.78 is 10.6. The standard InChI is InChI=1S/C22H24N4O3/c1-5-26(16-9-7-6-8-10-16)22(27)19-14-21(24-15(2)23-19)25-18-12-11-17(28-3)13-20(18)29-4/h6-14H,5H2,1-4H3,(H,23,24,25). The number of para-hydroxylation sites is 1. The van der Waals surface area contributed by atoms with E-state index in [4.69, 9.17) is 9.47 Å². The number of nitrogens with zero attached hydrogens (tertiary/aromatic N) is 3. The first-order valence-corrected chi connectivity index (χ1v) is 9.27. The third kappa shape index (κ3) is 4.63. The Hall–Kier alpha value is -3.61. The van der Waals surface area contributed by atoms with Gasteiger partial charge in [-0.2, -0.15) is 0 Å². The number of amides is 1. The molecule has 0 saturated carbocycles. The molecule has 0 aliphatic carbocycles. The average Bonchev–Trinajstić information content (AvgIpc) is 2.74. The van der Waals surface area contributed by atoms with Crippen LogP contribution in [0.1, 0.15) is 23.2 Å². The number of methoxy groups -OCH3 is 2. The molecule has 0 unspecified atom stereocenters. The van der Waals surface area contributed by atoms with Gasteiger partial charge >= 0.3 is 0 Å². The molecule has 0 saturated heterocycles. The average molecular weight is 392 g/mol. The zero-order valence-corrected chi connectivity index (χ0v) is 17.0. The molecule has 1 aromatic heterocycles. The summed E-state index contributed by atoms with van der Waals surface area (Å²) in [7, 11) is 3.18. The van der Waals surface area contributed by atoms with Gasteiger partial charge in [0.05, 0.1) is 19.9 Å². The maximum atomic E-state index is 13.1. The summed E-state index contributed by atoms with van der Waals surface area (Å²) >= 11 is 0. The normalized spacial score (nSPS) is 10.3. The van der Waals surface area contributed by atoms with Crippen LogP contribution in [0.2, 0.25) is 0 Å². The van der Waals surface area contributed by atoms with Crippen LogP contribution in [0, 0.1) is 6.92 Å². The van der Waals surface area contributed by atoms with E-state index >= 15 is 0 Å². The van der Waals surface area contributed by atoms with Gasteiger partial charge in [-0.05, 0) is 38.1 Å². The lowest BCUT2D eigenvalue weighted by Crippen LogP contribution is -2.31. The smallest absolute Gasteiger partial charge is 0.277 e. The van der Waals surface area contributed by atoms with Crippen molar-refractivity contribution in [3.05, 3.63) is 66.1 Å². The molecular formula is C22H24N4O3. The van der Waals surface area contributed by atoms with Gasteiger partial charge in [0.15, 0.2) is 0 Å². The molecule has 2 aromatic carbocycles. The number of nitrogens with one attached hydrogen (secondary N) is 1. The van der Waals surface area contributed by atoms with Crippen molar-refractivity contribution in [1.29, 1.82) is 0 Å². The van der Waals surface area contributed by atoms with Crippen molar-refractivity contribution in [1.82, 2.24) is 9.97 Å². The minimum absolute atomic E-state index is 0.186. The van der Waals surface area contributed by atoms with Crippen LogP contribution in [0.15, 0.2) is 54.6 Å². The van der Waals surface area contributed by atoms with Gasteiger partial charge in [0.2, 0.25) is 0 Å². The van der Waals surface area contributed by atoms with Crippen LogP contribution in [0.4, 0.5) is 17.2 Å². The molecule has 3 rings (SSSR count). The minimum Gasteiger partial charge on any atom is -0.497 e. The van der Waals surface area contributed by atoms with E-state index in [9.17, 15) is 4.79 Å². The van der Waals surface area contributed by atoms with Crippen LogP contribution in [-0.4, -0.2) is 36.6 Å². The summed E-state index contributed by atoms with van der Waals surface area (Å²) in [6.07, 6.45) is 0. The Balaban J connectivity index is 1.91. The van der Waals surface area contributed by atoms with Crippen LogP contribution in [-0.2, 0) is 0 Å². The second kappa shape index (κ2) is 9.05. The molecule has 1 N–H and O–H groups in total. The number of hydrogen-bond acceptors (Lipinski definition) is 6. The molecule has 0 fully saturated rings. The minimum atomic E-state index is -0.186. The Morgan fingerprint density at radius 1 is 1.03 bits per heavy atom. The molecule has 0 aliphatic heterocycles. The second-order valence-electron chi connectivity index (χ2n) is 6.26. The molecule has 0 bridgehead atoms. The lowest BCUT2D eigenvalue weighted by atomic mass is 10.2. The highest BCUT2D eigenvalue weighted by Gasteiger charge is 2.19. The topological polar surface area (TPSA) is 76.6 Å². The van der Waals surface area contributed by atoms with E-state index in [0.717, 1.165) is 5.69 Å². The second-order valence-corrected chi connectivity index (χ2v) is 6.26.